The van der Waals surface area contributed by atoms with E-state index in [0.717, 1.165) is 20.1 Å². The molecular formula is C16H10Cl2N2S2. The molecule has 0 aliphatic heterocycles. The number of nitriles is 1. The molecule has 0 unspecified atom stereocenters. The van der Waals surface area contributed by atoms with Crippen LogP contribution in [0.25, 0.3) is 16.3 Å². The molecule has 0 atom stereocenters. The largest absolute Gasteiger partial charge is 0.229 e. The third-order valence-electron chi connectivity index (χ3n) is 2.75. The van der Waals surface area contributed by atoms with Crippen molar-refractivity contribution in [1.82, 2.24) is 4.98 Å². The fourth-order valence-corrected chi connectivity index (χ4v) is 3.88. The van der Waals surface area contributed by atoms with Crippen molar-refractivity contribution in [3.05, 3.63) is 64.0 Å². The van der Waals surface area contributed by atoms with Crippen LogP contribution in [0.15, 0.2) is 57.8 Å². The van der Waals surface area contributed by atoms with Gasteiger partial charge in [-0.05, 0) is 47.7 Å². The Labute approximate surface area is 147 Å². The van der Waals surface area contributed by atoms with Gasteiger partial charge in [-0.3, -0.25) is 0 Å². The van der Waals surface area contributed by atoms with Gasteiger partial charge in [0.15, 0.2) is 4.34 Å². The predicted molar refractivity (Wildman–Crippen MR) is 97.8 cm³/mol. The third-order valence-corrected chi connectivity index (χ3v) is 5.03. The average molecular weight is 365 g/mol. The summed E-state index contributed by atoms with van der Waals surface area (Å²) in [5, 5.41) is 9.97. The first-order valence-electron chi connectivity index (χ1n) is 6.15. The number of hydrogen-bond acceptors (Lipinski definition) is 4. The van der Waals surface area contributed by atoms with Gasteiger partial charge in [-0.1, -0.05) is 35.9 Å². The van der Waals surface area contributed by atoms with E-state index >= 15 is 0 Å². The summed E-state index contributed by atoms with van der Waals surface area (Å²) in [4.78, 5) is 5.13. The molecule has 0 aliphatic rings. The van der Waals surface area contributed by atoms with Crippen LogP contribution in [0.4, 0.5) is 0 Å². The Morgan fingerprint density at radius 2 is 1.91 bits per heavy atom. The zero-order valence-corrected chi connectivity index (χ0v) is 14.4. The molecule has 1 heterocycles. The van der Waals surface area contributed by atoms with Crippen LogP contribution in [0, 0.1) is 11.3 Å². The molecule has 0 saturated heterocycles. The summed E-state index contributed by atoms with van der Waals surface area (Å²) in [5.74, 6) is 0. The molecule has 1 aromatic heterocycles. The summed E-state index contributed by atoms with van der Waals surface area (Å²) in [6, 6.07) is 17.6. The van der Waals surface area contributed by atoms with E-state index in [2.05, 4.69) is 11.1 Å². The number of hydrogen-bond donors (Lipinski definition) is 0. The Balaban J connectivity index is 0.00000176. The van der Waals surface area contributed by atoms with Gasteiger partial charge in [0, 0.05) is 5.02 Å². The highest BCUT2D eigenvalue weighted by molar-refractivity contribution is 8.05. The minimum absolute atomic E-state index is 0. The van der Waals surface area contributed by atoms with Crippen molar-refractivity contribution in [2.45, 2.75) is 4.34 Å². The minimum atomic E-state index is 0. The van der Waals surface area contributed by atoms with Crippen molar-refractivity contribution < 1.29 is 0 Å². The molecule has 0 radical (unpaired) electrons. The monoisotopic (exact) mass is 364 g/mol. The molecule has 0 bridgehead atoms. The summed E-state index contributed by atoms with van der Waals surface area (Å²) in [5.41, 5.74) is 1.92. The summed E-state index contributed by atoms with van der Waals surface area (Å²) < 4.78 is 2.00. The fraction of sp³-hybridized carbons (Fsp3) is 0. The van der Waals surface area contributed by atoms with Crippen LogP contribution >= 0.6 is 47.1 Å². The summed E-state index contributed by atoms with van der Waals surface area (Å²) >= 11 is 8.84. The number of thioether (sulfide) groups is 1. The molecule has 0 fully saturated rings. The second-order valence-corrected chi connectivity index (χ2v) is 6.98. The number of nitrogens with zero attached hydrogens (tertiary/aromatic N) is 2. The van der Waals surface area contributed by atoms with E-state index in [1.54, 1.807) is 11.3 Å². The lowest BCUT2D eigenvalue weighted by molar-refractivity contribution is 1.31. The molecule has 6 heteroatoms. The number of benzene rings is 2. The number of para-hydroxylation sites is 1. The van der Waals surface area contributed by atoms with Gasteiger partial charge in [-0.2, -0.15) is 5.26 Å². The smallest absolute Gasteiger partial charge is 0.156 e. The molecule has 0 saturated carbocycles. The molecule has 3 aromatic rings. The topological polar surface area (TPSA) is 36.7 Å². The summed E-state index contributed by atoms with van der Waals surface area (Å²) in [6.45, 7) is 0. The van der Waals surface area contributed by atoms with Gasteiger partial charge in [-0.25, -0.2) is 4.98 Å². The van der Waals surface area contributed by atoms with E-state index in [1.807, 2.05) is 54.6 Å². The van der Waals surface area contributed by atoms with Crippen LogP contribution in [0.5, 0.6) is 0 Å². The van der Waals surface area contributed by atoms with Crippen LogP contribution in [0.1, 0.15) is 5.56 Å². The van der Waals surface area contributed by atoms with Crippen LogP contribution in [-0.4, -0.2) is 4.98 Å². The summed E-state index contributed by atoms with van der Waals surface area (Å²) in [7, 11) is 0. The van der Waals surface area contributed by atoms with E-state index in [-0.39, 0.29) is 12.4 Å². The lowest BCUT2D eigenvalue weighted by atomic mass is 10.2. The Morgan fingerprint density at radius 3 is 2.59 bits per heavy atom. The van der Waals surface area contributed by atoms with Crippen LogP contribution < -0.4 is 0 Å². The van der Waals surface area contributed by atoms with E-state index in [9.17, 15) is 5.26 Å². The Hall–Kier alpha value is -1.51. The molecule has 0 amide bonds. The second kappa shape index (κ2) is 7.66. The maximum absolute atomic E-state index is 9.29. The lowest BCUT2D eigenvalue weighted by Gasteiger charge is -1.96. The van der Waals surface area contributed by atoms with Crippen molar-refractivity contribution in [3.63, 3.8) is 0 Å². The molecule has 0 aliphatic carbocycles. The fourth-order valence-electron chi connectivity index (χ4n) is 1.78. The van der Waals surface area contributed by atoms with Gasteiger partial charge in [0.05, 0.1) is 15.1 Å². The lowest BCUT2D eigenvalue weighted by Crippen LogP contribution is -1.76. The Bertz CT molecular complexity index is 815. The Kier molecular flexibility index (Phi) is 5.87. The Morgan fingerprint density at radius 1 is 1.18 bits per heavy atom. The first kappa shape index (κ1) is 16.9. The van der Waals surface area contributed by atoms with Crippen LogP contribution in [0.3, 0.4) is 0 Å². The van der Waals surface area contributed by atoms with E-state index in [0.29, 0.717) is 9.93 Å². The van der Waals surface area contributed by atoms with Crippen LogP contribution in [-0.2, 0) is 0 Å². The highest BCUT2D eigenvalue weighted by atomic mass is 35.5. The molecule has 2 aromatic carbocycles. The zero-order valence-electron chi connectivity index (χ0n) is 11.2. The molecule has 2 nitrogen and oxygen atoms in total. The van der Waals surface area contributed by atoms with Gasteiger partial charge in [0.2, 0.25) is 0 Å². The average Bonchev–Trinajstić information content (AvgIpc) is 2.91. The van der Waals surface area contributed by atoms with Crippen molar-refractivity contribution in [1.29, 1.82) is 5.26 Å². The number of halogens is 2. The van der Waals surface area contributed by atoms with E-state index in [1.165, 1.54) is 11.8 Å². The van der Waals surface area contributed by atoms with Crippen molar-refractivity contribution in [2.75, 3.05) is 0 Å². The van der Waals surface area contributed by atoms with Gasteiger partial charge in [0.25, 0.3) is 0 Å². The first-order chi connectivity index (χ1) is 10.2. The minimum Gasteiger partial charge on any atom is -0.229 e. The molecular weight excluding hydrogens is 355 g/mol. The first-order valence-corrected chi connectivity index (χ1v) is 8.16. The number of aromatic nitrogens is 1. The van der Waals surface area contributed by atoms with Crippen molar-refractivity contribution in [2.24, 2.45) is 0 Å². The molecule has 22 heavy (non-hydrogen) atoms. The molecule has 0 N–H and O–H groups in total. The number of rotatable bonds is 3. The predicted octanol–water partition coefficient (Wildman–Crippen LogP) is 6.03. The SMILES string of the molecule is Cl.N#C/C(=C\c1ccc(Cl)cc1)Sc1nc2ccccc2s1. The normalized spacial score (nSPS) is 11.0. The van der Waals surface area contributed by atoms with Crippen LogP contribution in [0.2, 0.25) is 5.02 Å². The number of allylic oxidation sites excluding steroid dienone is 1. The molecule has 0 spiro atoms. The molecule has 110 valence electrons. The number of thiazole rings is 1. The molecule has 3 rings (SSSR count). The van der Waals surface area contributed by atoms with E-state index < -0.39 is 0 Å². The maximum atomic E-state index is 9.29. The zero-order chi connectivity index (χ0) is 14.7. The van der Waals surface area contributed by atoms with Crippen molar-refractivity contribution in [3.8, 4) is 6.07 Å². The standard InChI is InChI=1S/C16H9ClN2S2.ClH/c17-12-7-5-11(6-8-12)9-13(10-18)20-16-19-14-3-1-2-4-15(14)21-16;/h1-9H;1H/b13-9+;. The second-order valence-electron chi connectivity index (χ2n) is 4.22. The quantitative estimate of drug-likeness (QED) is 0.420. The van der Waals surface area contributed by atoms with Gasteiger partial charge in [0.1, 0.15) is 6.07 Å². The number of fused-ring (bicyclic) bond motifs is 1. The van der Waals surface area contributed by atoms with Gasteiger partial charge >= 0.3 is 0 Å². The van der Waals surface area contributed by atoms with E-state index in [4.69, 9.17) is 11.6 Å². The van der Waals surface area contributed by atoms with Gasteiger partial charge in [-0.15, -0.1) is 23.7 Å². The highest BCUT2D eigenvalue weighted by Gasteiger charge is 2.07. The summed E-state index contributed by atoms with van der Waals surface area (Å²) in [6.07, 6.45) is 1.84. The third kappa shape index (κ3) is 4.02. The van der Waals surface area contributed by atoms with Gasteiger partial charge < -0.3 is 0 Å². The highest BCUT2D eigenvalue weighted by Crippen LogP contribution is 2.34. The van der Waals surface area contributed by atoms with Crippen molar-refractivity contribution >= 4 is 63.4 Å². The maximum Gasteiger partial charge on any atom is 0.156 e.